The first-order valence-electron chi connectivity index (χ1n) is 14.1. The molecule has 0 aliphatic carbocycles. The number of fused-ring (bicyclic) bond motifs is 1. The molecule has 3 aliphatic rings. The van der Waals surface area contributed by atoms with Crippen LogP contribution in [-0.2, 0) is 29.3 Å². The number of hydrogen-bond donors (Lipinski definition) is 1. The van der Waals surface area contributed by atoms with E-state index in [9.17, 15) is 14.4 Å². The third-order valence-corrected chi connectivity index (χ3v) is 8.17. The third kappa shape index (κ3) is 5.76. The molecule has 0 bridgehead atoms. The van der Waals surface area contributed by atoms with Crippen molar-refractivity contribution in [3.8, 4) is 11.5 Å². The van der Waals surface area contributed by atoms with Crippen molar-refractivity contribution < 1.29 is 23.9 Å². The molecule has 212 valence electrons. The van der Waals surface area contributed by atoms with Crippen LogP contribution in [0.25, 0.3) is 0 Å². The molecule has 6 rings (SSSR count). The highest BCUT2D eigenvalue weighted by molar-refractivity contribution is 6.05. The van der Waals surface area contributed by atoms with E-state index in [1.165, 1.54) is 11.3 Å². The quantitative estimate of drug-likeness (QED) is 0.427. The summed E-state index contributed by atoms with van der Waals surface area (Å²) in [5, 5.41) is 2.35. The number of piperazine rings is 1. The largest absolute Gasteiger partial charge is 0.497 e. The lowest BCUT2D eigenvalue weighted by Gasteiger charge is -2.36. The van der Waals surface area contributed by atoms with E-state index in [4.69, 9.17) is 9.47 Å². The Morgan fingerprint density at radius 3 is 2.32 bits per heavy atom. The van der Waals surface area contributed by atoms with Gasteiger partial charge in [-0.05, 0) is 53.9 Å². The summed E-state index contributed by atoms with van der Waals surface area (Å²) in [6.45, 7) is 5.56. The van der Waals surface area contributed by atoms with E-state index in [0.717, 1.165) is 49.6 Å². The van der Waals surface area contributed by atoms with E-state index in [1.807, 2.05) is 18.2 Å². The predicted molar refractivity (Wildman–Crippen MR) is 154 cm³/mol. The van der Waals surface area contributed by atoms with Crippen molar-refractivity contribution in [1.82, 2.24) is 15.1 Å². The molecule has 9 nitrogen and oxygen atoms in total. The lowest BCUT2D eigenvalue weighted by molar-refractivity contribution is -0.136. The lowest BCUT2D eigenvalue weighted by atomic mass is 10.0. The van der Waals surface area contributed by atoms with Crippen molar-refractivity contribution in [3.05, 3.63) is 89.0 Å². The number of anilines is 1. The van der Waals surface area contributed by atoms with Gasteiger partial charge in [-0.25, -0.2) is 0 Å². The molecule has 3 aromatic rings. The van der Waals surface area contributed by atoms with E-state index in [-0.39, 0.29) is 18.2 Å². The van der Waals surface area contributed by atoms with Gasteiger partial charge in [0.05, 0.1) is 13.7 Å². The highest BCUT2D eigenvalue weighted by Crippen LogP contribution is 2.34. The SMILES string of the molecule is COc1ccc(N2CCN(Cc3ccc(COc4cccc5c4CN(C4CCC(=O)NC4=O)C5=O)cc3)CC2)cc1. The smallest absolute Gasteiger partial charge is 0.255 e. The molecule has 1 unspecified atom stereocenters. The second-order valence-electron chi connectivity index (χ2n) is 10.7. The average molecular weight is 555 g/mol. The number of nitrogens with zero attached hydrogens (tertiary/aromatic N) is 3. The maximum absolute atomic E-state index is 13.1. The van der Waals surface area contributed by atoms with Gasteiger partial charge in [0.25, 0.3) is 5.91 Å². The van der Waals surface area contributed by atoms with Crippen LogP contribution >= 0.6 is 0 Å². The summed E-state index contributed by atoms with van der Waals surface area (Å²) < 4.78 is 11.4. The Hall–Kier alpha value is -4.37. The fraction of sp³-hybridized carbons (Fsp3) is 0.344. The van der Waals surface area contributed by atoms with Crippen LogP contribution in [0.3, 0.4) is 0 Å². The fourth-order valence-electron chi connectivity index (χ4n) is 5.81. The van der Waals surface area contributed by atoms with Crippen LogP contribution in [0.15, 0.2) is 66.7 Å². The minimum absolute atomic E-state index is 0.200. The second kappa shape index (κ2) is 11.6. The molecule has 0 saturated carbocycles. The van der Waals surface area contributed by atoms with E-state index in [1.54, 1.807) is 24.1 Å². The summed E-state index contributed by atoms with van der Waals surface area (Å²) in [4.78, 5) is 43.4. The van der Waals surface area contributed by atoms with Crippen LogP contribution in [0.4, 0.5) is 5.69 Å². The molecule has 9 heteroatoms. The van der Waals surface area contributed by atoms with Crippen molar-refractivity contribution in [2.24, 2.45) is 0 Å². The number of ether oxygens (including phenoxy) is 2. The summed E-state index contributed by atoms with van der Waals surface area (Å²) in [6, 6.07) is 21.5. The first-order chi connectivity index (χ1) is 20.0. The minimum Gasteiger partial charge on any atom is -0.497 e. The molecule has 0 spiro atoms. The Balaban J connectivity index is 1.02. The zero-order valence-electron chi connectivity index (χ0n) is 23.2. The Morgan fingerprint density at radius 1 is 0.878 bits per heavy atom. The van der Waals surface area contributed by atoms with Crippen LogP contribution < -0.4 is 19.7 Å². The topological polar surface area (TPSA) is 91.4 Å². The van der Waals surface area contributed by atoms with Gasteiger partial charge in [-0.1, -0.05) is 30.3 Å². The zero-order chi connectivity index (χ0) is 28.3. The number of amides is 3. The maximum Gasteiger partial charge on any atom is 0.255 e. The summed E-state index contributed by atoms with van der Waals surface area (Å²) in [7, 11) is 1.69. The van der Waals surface area contributed by atoms with Gasteiger partial charge in [0.15, 0.2) is 0 Å². The summed E-state index contributed by atoms with van der Waals surface area (Å²) in [6.07, 6.45) is 0.571. The van der Waals surface area contributed by atoms with Gasteiger partial charge in [0, 0.05) is 56.0 Å². The van der Waals surface area contributed by atoms with Gasteiger partial charge in [0.2, 0.25) is 11.8 Å². The Morgan fingerprint density at radius 2 is 1.61 bits per heavy atom. The molecule has 41 heavy (non-hydrogen) atoms. The van der Waals surface area contributed by atoms with E-state index < -0.39 is 11.9 Å². The van der Waals surface area contributed by atoms with Crippen molar-refractivity contribution in [1.29, 1.82) is 0 Å². The number of methoxy groups -OCH3 is 1. The van der Waals surface area contributed by atoms with Gasteiger partial charge >= 0.3 is 0 Å². The fourth-order valence-corrected chi connectivity index (χ4v) is 5.81. The van der Waals surface area contributed by atoms with Crippen LogP contribution in [0.2, 0.25) is 0 Å². The Labute approximate surface area is 239 Å². The number of imide groups is 1. The molecular weight excluding hydrogens is 520 g/mol. The highest BCUT2D eigenvalue weighted by atomic mass is 16.5. The number of nitrogens with one attached hydrogen (secondary N) is 1. The predicted octanol–water partition coefficient (Wildman–Crippen LogP) is 3.36. The first-order valence-corrected chi connectivity index (χ1v) is 14.1. The van der Waals surface area contributed by atoms with Crippen molar-refractivity contribution in [3.63, 3.8) is 0 Å². The van der Waals surface area contributed by atoms with Gasteiger partial charge in [-0.3, -0.25) is 24.6 Å². The van der Waals surface area contributed by atoms with Crippen LogP contribution in [0, 0.1) is 0 Å². The molecule has 0 aromatic heterocycles. The number of rotatable bonds is 8. The number of carbonyl (C=O) groups is 3. The summed E-state index contributed by atoms with van der Waals surface area (Å²) >= 11 is 0. The minimum atomic E-state index is -0.640. The summed E-state index contributed by atoms with van der Waals surface area (Å²) in [5.74, 6) is 0.612. The van der Waals surface area contributed by atoms with Crippen molar-refractivity contribution in [2.45, 2.75) is 38.6 Å². The highest BCUT2D eigenvalue weighted by Gasteiger charge is 2.40. The number of benzene rings is 3. The van der Waals surface area contributed by atoms with Gasteiger partial charge in [0.1, 0.15) is 24.1 Å². The first kappa shape index (κ1) is 26.8. The molecule has 0 radical (unpaired) electrons. The number of hydrogen-bond acceptors (Lipinski definition) is 7. The maximum atomic E-state index is 13.1. The molecule has 3 amide bonds. The number of piperidine rings is 1. The van der Waals surface area contributed by atoms with Crippen molar-refractivity contribution >= 4 is 23.4 Å². The molecular formula is C32H34N4O5. The third-order valence-electron chi connectivity index (χ3n) is 8.17. The second-order valence-corrected chi connectivity index (χ2v) is 10.7. The zero-order valence-corrected chi connectivity index (χ0v) is 23.2. The Bertz CT molecular complexity index is 1430. The normalized spacial score (nSPS) is 19.2. The Kier molecular flexibility index (Phi) is 7.61. The lowest BCUT2D eigenvalue weighted by Crippen LogP contribution is -2.52. The van der Waals surface area contributed by atoms with Gasteiger partial charge in [-0.2, -0.15) is 0 Å². The molecule has 3 aromatic carbocycles. The summed E-state index contributed by atoms with van der Waals surface area (Å²) in [5.41, 5.74) is 4.87. The van der Waals surface area contributed by atoms with Gasteiger partial charge in [-0.15, -0.1) is 0 Å². The van der Waals surface area contributed by atoms with E-state index in [0.29, 0.717) is 30.9 Å². The van der Waals surface area contributed by atoms with Crippen LogP contribution in [-0.4, -0.2) is 66.9 Å². The monoisotopic (exact) mass is 554 g/mol. The van der Waals surface area contributed by atoms with Gasteiger partial charge < -0.3 is 19.3 Å². The molecule has 1 atom stereocenters. The molecule has 2 fully saturated rings. The molecule has 2 saturated heterocycles. The van der Waals surface area contributed by atoms with Crippen molar-refractivity contribution in [2.75, 3.05) is 38.2 Å². The molecule has 3 heterocycles. The molecule has 3 aliphatic heterocycles. The molecule has 1 N–H and O–H groups in total. The standard InChI is InChI=1S/C32H34N4O5/c1-40-25-11-9-24(10-12-25)35-17-15-34(16-18-35)19-22-5-7-23(8-6-22)21-41-29-4-2-3-26-27(29)20-36(32(26)39)28-13-14-30(37)33-31(28)38/h2-12,28H,13-21H2,1H3,(H,33,37,38). The van der Waals surface area contributed by atoms with E-state index in [2.05, 4.69) is 51.5 Å². The average Bonchev–Trinajstić information content (AvgIpc) is 3.34. The number of carbonyl (C=O) groups excluding carboxylic acids is 3. The van der Waals surface area contributed by atoms with E-state index >= 15 is 0 Å². The van der Waals surface area contributed by atoms with Crippen LogP contribution in [0.1, 0.15) is 39.9 Å². The van der Waals surface area contributed by atoms with Crippen LogP contribution in [0.5, 0.6) is 11.5 Å².